The molecular formula is C23H21ClN4O2. The fourth-order valence-corrected chi connectivity index (χ4v) is 3.20. The van der Waals surface area contributed by atoms with E-state index >= 15 is 0 Å². The van der Waals surface area contributed by atoms with Gasteiger partial charge in [-0.05, 0) is 47.9 Å². The lowest BCUT2D eigenvalue weighted by Crippen LogP contribution is -2.09. The Balaban J connectivity index is 1.59. The molecule has 0 aliphatic heterocycles. The fraction of sp³-hybridized carbons (Fsp3) is 0.174. The second kappa shape index (κ2) is 8.55. The summed E-state index contributed by atoms with van der Waals surface area (Å²) in [7, 11) is 0. The van der Waals surface area contributed by atoms with Gasteiger partial charge in [0.2, 0.25) is 0 Å². The number of benzene rings is 2. The SMILES string of the molecule is CC(C)COC(=O)c1ccc(-c2cc3c(Nc4cccc(Cl)c4)ncnc3[nH]2)cc1. The molecule has 0 saturated carbocycles. The van der Waals surface area contributed by atoms with E-state index in [1.54, 1.807) is 12.1 Å². The van der Waals surface area contributed by atoms with Crippen LogP contribution in [-0.4, -0.2) is 27.5 Å². The van der Waals surface area contributed by atoms with Gasteiger partial charge in [-0.15, -0.1) is 0 Å². The number of anilines is 2. The molecule has 6 nitrogen and oxygen atoms in total. The maximum Gasteiger partial charge on any atom is 0.338 e. The lowest BCUT2D eigenvalue weighted by molar-refractivity contribution is 0.0459. The van der Waals surface area contributed by atoms with Crippen molar-refractivity contribution in [3.05, 3.63) is 71.5 Å². The van der Waals surface area contributed by atoms with Crippen LogP contribution in [0.5, 0.6) is 0 Å². The van der Waals surface area contributed by atoms with Gasteiger partial charge in [0.05, 0.1) is 17.6 Å². The van der Waals surface area contributed by atoms with Gasteiger partial charge in [-0.25, -0.2) is 14.8 Å². The number of nitrogens with one attached hydrogen (secondary N) is 2. The summed E-state index contributed by atoms with van der Waals surface area (Å²) >= 11 is 6.07. The van der Waals surface area contributed by atoms with Crippen LogP contribution in [-0.2, 0) is 4.74 Å². The third-order valence-corrected chi connectivity index (χ3v) is 4.73. The number of carbonyl (C=O) groups is 1. The number of H-pyrrole nitrogens is 1. The van der Waals surface area contributed by atoms with E-state index < -0.39 is 0 Å². The monoisotopic (exact) mass is 420 g/mol. The Bertz CT molecular complexity index is 1190. The predicted octanol–water partition coefficient (Wildman–Crippen LogP) is 5.83. The topological polar surface area (TPSA) is 79.9 Å². The van der Waals surface area contributed by atoms with Crippen molar-refractivity contribution in [1.82, 2.24) is 15.0 Å². The van der Waals surface area contributed by atoms with Crippen LogP contribution in [0.3, 0.4) is 0 Å². The number of fused-ring (bicyclic) bond motifs is 1. The number of halogens is 1. The number of aromatic amines is 1. The molecule has 4 aromatic rings. The molecule has 2 aromatic carbocycles. The van der Waals surface area contributed by atoms with Gasteiger partial charge in [0.25, 0.3) is 0 Å². The fourth-order valence-electron chi connectivity index (χ4n) is 3.01. The van der Waals surface area contributed by atoms with Crippen molar-refractivity contribution in [2.75, 3.05) is 11.9 Å². The molecule has 0 radical (unpaired) electrons. The van der Waals surface area contributed by atoms with E-state index in [1.165, 1.54) is 6.33 Å². The first-order chi connectivity index (χ1) is 14.5. The predicted molar refractivity (Wildman–Crippen MR) is 119 cm³/mol. The molecule has 2 N–H and O–H groups in total. The highest BCUT2D eigenvalue weighted by molar-refractivity contribution is 6.30. The van der Waals surface area contributed by atoms with Gasteiger partial charge in [0.15, 0.2) is 0 Å². The first-order valence-electron chi connectivity index (χ1n) is 9.63. The summed E-state index contributed by atoms with van der Waals surface area (Å²) in [5, 5.41) is 4.78. The van der Waals surface area contributed by atoms with Crippen LogP contribution in [0, 0.1) is 5.92 Å². The van der Waals surface area contributed by atoms with E-state index in [4.69, 9.17) is 16.3 Å². The van der Waals surface area contributed by atoms with Crippen molar-refractivity contribution in [2.24, 2.45) is 5.92 Å². The molecule has 2 heterocycles. The van der Waals surface area contributed by atoms with Crippen molar-refractivity contribution in [3.63, 3.8) is 0 Å². The third kappa shape index (κ3) is 4.44. The molecule has 4 rings (SSSR count). The van der Waals surface area contributed by atoms with E-state index in [-0.39, 0.29) is 5.97 Å². The number of esters is 1. The zero-order chi connectivity index (χ0) is 21.1. The average Bonchev–Trinajstić information content (AvgIpc) is 3.17. The Morgan fingerprint density at radius 2 is 1.93 bits per heavy atom. The Morgan fingerprint density at radius 3 is 2.67 bits per heavy atom. The van der Waals surface area contributed by atoms with E-state index in [2.05, 4.69) is 20.3 Å². The van der Waals surface area contributed by atoms with Gasteiger partial charge in [0, 0.05) is 16.4 Å². The molecule has 0 saturated heterocycles. The van der Waals surface area contributed by atoms with Gasteiger partial charge in [-0.3, -0.25) is 0 Å². The smallest absolute Gasteiger partial charge is 0.338 e. The number of ether oxygens (including phenoxy) is 1. The molecule has 0 aliphatic carbocycles. The highest BCUT2D eigenvalue weighted by Crippen LogP contribution is 2.29. The zero-order valence-corrected chi connectivity index (χ0v) is 17.4. The van der Waals surface area contributed by atoms with Crippen LogP contribution in [0.15, 0.2) is 60.9 Å². The largest absolute Gasteiger partial charge is 0.462 e. The summed E-state index contributed by atoms with van der Waals surface area (Å²) in [5.41, 5.74) is 3.89. The minimum atomic E-state index is -0.314. The maximum atomic E-state index is 12.1. The zero-order valence-electron chi connectivity index (χ0n) is 16.6. The van der Waals surface area contributed by atoms with Gasteiger partial charge in [-0.1, -0.05) is 43.6 Å². The molecule has 0 fully saturated rings. The van der Waals surface area contributed by atoms with Gasteiger partial charge in [-0.2, -0.15) is 0 Å². The third-order valence-electron chi connectivity index (χ3n) is 4.49. The van der Waals surface area contributed by atoms with E-state index in [9.17, 15) is 4.79 Å². The van der Waals surface area contributed by atoms with E-state index in [0.29, 0.717) is 34.6 Å². The summed E-state index contributed by atoms with van der Waals surface area (Å²) in [6, 6.07) is 16.7. The number of rotatable bonds is 6. The first-order valence-corrected chi connectivity index (χ1v) is 10.0. The van der Waals surface area contributed by atoms with Crippen molar-refractivity contribution < 1.29 is 9.53 Å². The molecule has 0 unspecified atom stereocenters. The molecule has 0 aliphatic rings. The Labute approximate surface area is 179 Å². The molecular weight excluding hydrogens is 400 g/mol. The van der Waals surface area contributed by atoms with Gasteiger partial charge < -0.3 is 15.0 Å². The summed E-state index contributed by atoms with van der Waals surface area (Å²) in [6.45, 7) is 4.42. The summed E-state index contributed by atoms with van der Waals surface area (Å²) in [5.74, 6) is 0.666. The number of hydrogen-bond donors (Lipinski definition) is 2. The molecule has 0 spiro atoms. The average molecular weight is 421 g/mol. The summed E-state index contributed by atoms with van der Waals surface area (Å²) in [6.07, 6.45) is 1.50. The van der Waals surface area contributed by atoms with Crippen LogP contribution in [0.4, 0.5) is 11.5 Å². The quantitative estimate of drug-likeness (QED) is 0.383. The Hall–Kier alpha value is -3.38. The minimum Gasteiger partial charge on any atom is -0.462 e. The van der Waals surface area contributed by atoms with Crippen LogP contribution in [0.25, 0.3) is 22.3 Å². The molecule has 30 heavy (non-hydrogen) atoms. The normalized spacial score (nSPS) is 11.1. The molecule has 2 aromatic heterocycles. The van der Waals surface area contributed by atoms with E-state index in [0.717, 1.165) is 22.3 Å². The minimum absolute atomic E-state index is 0.301. The maximum absolute atomic E-state index is 12.1. The highest BCUT2D eigenvalue weighted by atomic mass is 35.5. The number of nitrogens with zero attached hydrogens (tertiary/aromatic N) is 2. The lowest BCUT2D eigenvalue weighted by Gasteiger charge is -2.07. The Kier molecular flexibility index (Phi) is 5.68. The van der Waals surface area contributed by atoms with Crippen molar-refractivity contribution in [2.45, 2.75) is 13.8 Å². The van der Waals surface area contributed by atoms with Gasteiger partial charge >= 0.3 is 5.97 Å². The van der Waals surface area contributed by atoms with Crippen LogP contribution in [0.1, 0.15) is 24.2 Å². The summed E-state index contributed by atoms with van der Waals surface area (Å²) in [4.78, 5) is 24.1. The van der Waals surface area contributed by atoms with E-state index in [1.807, 2.05) is 56.3 Å². The lowest BCUT2D eigenvalue weighted by atomic mass is 10.1. The Morgan fingerprint density at radius 1 is 1.13 bits per heavy atom. The molecule has 152 valence electrons. The molecule has 0 atom stereocenters. The second-order valence-corrected chi connectivity index (χ2v) is 7.81. The number of aromatic nitrogens is 3. The van der Waals surface area contributed by atoms with Crippen LogP contribution in [0.2, 0.25) is 5.02 Å². The standard InChI is InChI=1S/C23H21ClN4O2/c1-14(2)12-30-23(29)16-8-6-15(7-9-16)20-11-19-21(25-13-26-22(19)28-20)27-18-5-3-4-17(24)10-18/h3-11,13-14H,12H2,1-2H3,(H2,25,26,27,28). The van der Waals surface area contributed by atoms with Crippen molar-refractivity contribution >= 4 is 40.1 Å². The molecule has 0 bridgehead atoms. The number of hydrogen-bond acceptors (Lipinski definition) is 5. The van der Waals surface area contributed by atoms with Crippen LogP contribution >= 0.6 is 11.6 Å². The molecule has 0 amide bonds. The molecule has 7 heteroatoms. The van der Waals surface area contributed by atoms with Gasteiger partial charge in [0.1, 0.15) is 17.8 Å². The summed E-state index contributed by atoms with van der Waals surface area (Å²) < 4.78 is 5.28. The number of carbonyl (C=O) groups excluding carboxylic acids is 1. The van der Waals surface area contributed by atoms with Crippen molar-refractivity contribution in [3.8, 4) is 11.3 Å². The van der Waals surface area contributed by atoms with Crippen LogP contribution < -0.4 is 5.32 Å². The second-order valence-electron chi connectivity index (χ2n) is 7.37. The highest BCUT2D eigenvalue weighted by Gasteiger charge is 2.12. The first kappa shape index (κ1) is 19.9. The van der Waals surface area contributed by atoms with Crippen molar-refractivity contribution in [1.29, 1.82) is 0 Å².